The number of imidazole rings is 1. The number of nitrogens with one attached hydrogen (secondary N) is 2. The molecule has 0 radical (unpaired) electrons. The number of amides is 2. The monoisotopic (exact) mass is 291 g/mol. The molecule has 2 aromatic rings. The third-order valence-electron chi connectivity index (χ3n) is 3.43. The molecule has 0 bridgehead atoms. The van der Waals surface area contributed by atoms with Crippen molar-refractivity contribution in [3.8, 4) is 0 Å². The highest BCUT2D eigenvalue weighted by Crippen LogP contribution is 2.28. The number of carbonyl (C=O) groups excluding carboxylic acids is 1. The van der Waals surface area contributed by atoms with E-state index in [2.05, 4.69) is 25.3 Å². The lowest BCUT2D eigenvalue weighted by Crippen LogP contribution is -2.40. The van der Waals surface area contributed by atoms with Gasteiger partial charge in [0.1, 0.15) is 18.2 Å². The second kappa shape index (κ2) is 5.96. The highest BCUT2D eigenvalue weighted by atomic mass is 16.5. The van der Waals surface area contributed by atoms with E-state index in [0.29, 0.717) is 12.4 Å². The molecule has 2 N–H and O–H groups in total. The molecule has 112 valence electrons. The van der Waals surface area contributed by atoms with E-state index >= 15 is 0 Å². The summed E-state index contributed by atoms with van der Waals surface area (Å²) >= 11 is 0. The molecule has 0 unspecified atom stereocenters. The summed E-state index contributed by atoms with van der Waals surface area (Å²) < 4.78 is 12.4. The van der Waals surface area contributed by atoms with Gasteiger partial charge in [0.25, 0.3) is 0 Å². The average molecular weight is 291 g/mol. The lowest BCUT2D eigenvalue weighted by molar-refractivity contribution is 0.0906. The molecule has 1 aliphatic rings. The predicted octanol–water partition coefficient (Wildman–Crippen LogP) is 1.54. The van der Waals surface area contributed by atoms with Crippen LogP contribution in [-0.4, -0.2) is 33.4 Å². The van der Waals surface area contributed by atoms with Gasteiger partial charge in [-0.05, 0) is 13.3 Å². The zero-order chi connectivity index (χ0) is 14.7. The van der Waals surface area contributed by atoms with Crippen LogP contribution in [0.2, 0.25) is 0 Å². The van der Waals surface area contributed by atoms with E-state index in [1.165, 1.54) is 6.26 Å². The van der Waals surface area contributed by atoms with Crippen molar-refractivity contribution >= 4 is 11.8 Å². The van der Waals surface area contributed by atoms with Crippen LogP contribution < -0.4 is 10.6 Å². The van der Waals surface area contributed by atoms with Crippen molar-refractivity contribution in [2.75, 3.05) is 11.9 Å². The van der Waals surface area contributed by atoms with Gasteiger partial charge in [0, 0.05) is 31.6 Å². The number of anilines is 1. The van der Waals surface area contributed by atoms with Gasteiger partial charge in [-0.15, -0.1) is 0 Å². The Kier molecular flexibility index (Phi) is 3.87. The number of aryl methyl sites for hydroxylation is 1. The highest BCUT2D eigenvalue weighted by molar-refractivity contribution is 5.88. The Morgan fingerprint density at radius 1 is 1.57 bits per heavy atom. The van der Waals surface area contributed by atoms with Gasteiger partial charge >= 0.3 is 6.03 Å². The molecule has 1 saturated heterocycles. The quantitative estimate of drug-likeness (QED) is 0.891. The van der Waals surface area contributed by atoms with Crippen molar-refractivity contribution in [2.45, 2.75) is 32.0 Å². The van der Waals surface area contributed by atoms with Crippen molar-refractivity contribution in [3.05, 3.63) is 30.5 Å². The van der Waals surface area contributed by atoms with E-state index in [4.69, 9.17) is 4.74 Å². The maximum absolute atomic E-state index is 11.9. The summed E-state index contributed by atoms with van der Waals surface area (Å²) in [5, 5.41) is 9.13. The van der Waals surface area contributed by atoms with Crippen LogP contribution in [0.1, 0.15) is 25.3 Å². The van der Waals surface area contributed by atoms with E-state index in [1.807, 2.05) is 17.7 Å². The van der Waals surface area contributed by atoms with Gasteiger partial charge in [0.05, 0.1) is 6.04 Å². The maximum Gasteiger partial charge on any atom is 0.320 e. The van der Waals surface area contributed by atoms with Crippen molar-refractivity contribution in [1.29, 1.82) is 0 Å². The maximum atomic E-state index is 11.9. The van der Waals surface area contributed by atoms with Crippen molar-refractivity contribution < 1.29 is 14.1 Å². The predicted molar refractivity (Wildman–Crippen MR) is 73.7 cm³/mol. The Morgan fingerprint density at radius 2 is 2.48 bits per heavy atom. The Balaban J connectivity index is 1.65. The average Bonchev–Trinajstić information content (AvgIpc) is 3.18. The van der Waals surface area contributed by atoms with Gasteiger partial charge in [-0.2, -0.15) is 0 Å². The summed E-state index contributed by atoms with van der Waals surface area (Å²) in [7, 11) is 0. The number of ether oxygens (including phenoxy) is 1. The van der Waals surface area contributed by atoms with Crippen molar-refractivity contribution in [1.82, 2.24) is 20.0 Å². The molecule has 1 aliphatic heterocycles. The Labute approximate surface area is 121 Å². The van der Waals surface area contributed by atoms with Crippen molar-refractivity contribution in [2.24, 2.45) is 0 Å². The lowest BCUT2D eigenvalue weighted by atomic mass is 10.1. The topological polar surface area (TPSA) is 94.2 Å². The van der Waals surface area contributed by atoms with E-state index in [9.17, 15) is 4.79 Å². The minimum atomic E-state index is -0.334. The smallest absolute Gasteiger partial charge is 0.320 e. The minimum Gasteiger partial charge on any atom is -0.368 e. The third kappa shape index (κ3) is 2.89. The first-order chi connectivity index (χ1) is 10.3. The molecule has 8 nitrogen and oxygen atoms in total. The zero-order valence-corrected chi connectivity index (χ0v) is 11.7. The Morgan fingerprint density at radius 3 is 3.24 bits per heavy atom. The van der Waals surface area contributed by atoms with Gasteiger partial charge in [-0.25, -0.2) is 9.78 Å². The number of hydrogen-bond donors (Lipinski definition) is 2. The fourth-order valence-electron chi connectivity index (χ4n) is 2.43. The van der Waals surface area contributed by atoms with E-state index in [1.54, 1.807) is 12.3 Å². The first kappa shape index (κ1) is 13.6. The van der Waals surface area contributed by atoms with Crippen LogP contribution in [0.4, 0.5) is 10.6 Å². The Hall–Kier alpha value is -2.35. The molecule has 0 aromatic carbocycles. The fraction of sp³-hybridized carbons (Fsp3) is 0.462. The van der Waals surface area contributed by atoms with Crippen LogP contribution in [-0.2, 0) is 11.3 Å². The number of hydrogen-bond acceptors (Lipinski definition) is 5. The number of nitrogens with zero attached hydrogens (tertiary/aromatic N) is 3. The number of urea groups is 1. The minimum absolute atomic E-state index is 0.121. The molecule has 21 heavy (non-hydrogen) atoms. The van der Waals surface area contributed by atoms with Crippen LogP contribution in [0.5, 0.6) is 0 Å². The second-order valence-corrected chi connectivity index (χ2v) is 4.74. The highest BCUT2D eigenvalue weighted by Gasteiger charge is 2.33. The number of rotatable bonds is 4. The molecule has 2 aromatic heterocycles. The summed E-state index contributed by atoms with van der Waals surface area (Å²) in [6, 6.07) is 1.12. The SMILES string of the molecule is CCn1ccnc1[C@H]1OCC[C@@H]1NC(=O)Nc1ccon1. The molecule has 0 aliphatic carbocycles. The van der Waals surface area contributed by atoms with Crippen LogP contribution >= 0.6 is 0 Å². The molecule has 0 spiro atoms. The fourth-order valence-corrected chi connectivity index (χ4v) is 2.43. The van der Waals surface area contributed by atoms with Gasteiger partial charge in [0.15, 0.2) is 5.82 Å². The molecule has 0 saturated carbocycles. The van der Waals surface area contributed by atoms with E-state index in [0.717, 1.165) is 18.8 Å². The van der Waals surface area contributed by atoms with Gasteiger partial charge < -0.3 is 19.1 Å². The molecular formula is C13H17N5O3. The first-order valence-electron chi connectivity index (χ1n) is 6.88. The number of carbonyl (C=O) groups is 1. The molecule has 3 rings (SSSR count). The summed E-state index contributed by atoms with van der Waals surface area (Å²) in [4.78, 5) is 16.3. The first-order valence-corrected chi connectivity index (χ1v) is 6.88. The largest absolute Gasteiger partial charge is 0.368 e. The van der Waals surface area contributed by atoms with Gasteiger partial charge in [0.2, 0.25) is 0 Å². The normalized spacial score (nSPS) is 21.4. The van der Waals surface area contributed by atoms with E-state index in [-0.39, 0.29) is 18.2 Å². The van der Waals surface area contributed by atoms with Crippen LogP contribution in [0.25, 0.3) is 0 Å². The van der Waals surface area contributed by atoms with Gasteiger partial charge in [-0.1, -0.05) is 5.16 Å². The summed E-state index contributed by atoms with van der Waals surface area (Å²) in [6.45, 7) is 3.45. The molecule has 2 atom stereocenters. The molecular weight excluding hydrogens is 274 g/mol. The lowest BCUT2D eigenvalue weighted by Gasteiger charge is -2.20. The summed E-state index contributed by atoms with van der Waals surface area (Å²) in [5.41, 5.74) is 0. The van der Waals surface area contributed by atoms with E-state index < -0.39 is 0 Å². The Bertz CT molecular complexity index is 595. The zero-order valence-electron chi connectivity index (χ0n) is 11.7. The van der Waals surface area contributed by atoms with Crippen LogP contribution in [0.15, 0.2) is 29.2 Å². The van der Waals surface area contributed by atoms with Crippen molar-refractivity contribution in [3.63, 3.8) is 0 Å². The molecule has 8 heteroatoms. The number of aromatic nitrogens is 3. The molecule has 1 fully saturated rings. The molecule has 3 heterocycles. The summed E-state index contributed by atoms with van der Waals surface area (Å²) in [5.74, 6) is 1.21. The standard InChI is InChI=1S/C13H17N5O3/c1-2-18-6-5-14-12(18)11-9(3-7-20-11)15-13(19)16-10-4-8-21-17-10/h4-6,8-9,11H,2-3,7H2,1H3,(H2,15,16,17,19)/t9-,11-/m0/s1. The van der Waals surface area contributed by atoms with Crippen LogP contribution in [0.3, 0.4) is 0 Å². The third-order valence-corrected chi connectivity index (χ3v) is 3.43. The summed E-state index contributed by atoms with van der Waals surface area (Å²) in [6.07, 6.45) is 5.56. The van der Waals surface area contributed by atoms with Crippen LogP contribution in [0, 0.1) is 0 Å². The second-order valence-electron chi connectivity index (χ2n) is 4.74. The molecule has 2 amide bonds. The van der Waals surface area contributed by atoms with Gasteiger partial charge in [-0.3, -0.25) is 5.32 Å².